The van der Waals surface area contributed by atoms with Crippen LogP contribution in [0.2, 0.25) is 5.02 Å². The second-order valence-corrected chi connectivity index (χ2v) is 5.11. The number of nitrogens with zero attached hydrogens (tertiary/aromatic N) is 1. The van der Waals surface area contributed by atoms with Crippen molar-refractivity contribution >= 4 is 23.0 Å². The second kappa shape index (κ2) is 5.92. The van der Waals surface area contributed by atoms with Gasteiger partial charge in [-0.05, 0) is 31.0 Å². The second-order valence-electron chi connectivity index (χ2n) is 4.70. The van der Waals surface area contributed by atoms with Crippen LogP contribution in [0, 0.1) is 24.0 Å². The van der Waals surface area contributed by atoms with E-state index in [-0.39, 0.29) is 5.69 Å². The lowest BCUT2D eigenvalue weighted by atomic mass is 10.1. The van der Waals surface area contributed by atoms with Crippen molar-refractivity contribution in [2.24, 2.45) is 0 Å². The van der Waals surface area contributed by atoms with E-state index in [2.05, 4.69) is 37.4 Å². The fourth-order valence-electron chi connectivity index (χ4n) is 2.00. The molecule has 0 aliphatic carbocycles. The molecule has 0 unspecified atom stereocenters. The smallest absolute Gasteiger partial charge is 0.271 e. The van der Waals surface area contributed by atoms with Crippen molar-refractivity contribution in [1.29, 1.82) is 0 Å². The molecule has 0 aromatic heterocycles. The van der Waals surface area contributed by atoms with Crippen molar-refractivity contribution in [1.82, 2.24) is 0 Å². The number of halogens is 1. The molecule has 0 saturated heterocycles. The van der Waals surface area contributed by atoms with Gasteiger partial charge in [0, 0.05) is 18.7 Å². The quantitative estimate of drug-likeness (QED) is 0.667. The molecule has 0 heterocycles. The lowest BCUT2D eigenvalue weighted by molar-refractivity contribution is -0.384. The van der Waals surface area contributed by atoms with E-state index in [1.54, 1.807) is 6.07 Å². The van der Waals surface area contributed by atoms with Crippen LogP contribution in [0.15, 0.2) is 36.4 Å². The van der Waals surface area contributed by atoms with Gasteiger partial charge in [-0.3, -0.25) is 10.1 Å². The Kier molecular flexibility index (Phi) is 4.25. The van der Waals surface area contributed by atoms with Crippen LogP contribution < -0.4 is 5.32 Å². The van der Waals surface area contributed by atoms with Gasteiger partial charge in [0.25, 0.3) is 5.69 Å². The largest absolute Gasteiger partial charge is 0.380 e. The molecule has 104 valence electrons. The molecule has 0 radical (unpaired) electrons. The van der Waals surface area contributed by atoms with Crippen LogP contribution in [0.4, 0.5) is 11.4 Å². The minimum Gasteiger partial charge on any atom is -0.380 e. The van der Waals surface area contributed by atoms with Gasteiger partial charge in [-0.2, -0.15) is 0 Å². The Morgan fingerprint density at radius 1 is 1.20 bits per heavy atom. The van der Waals surface area contributed by atoms with Gasteiger partial charge in [0.05, 0.1) is 15.6 Å². The SMILES string of the molecule is Cc1ccc(CNc2ccc([N+](=O)[O-])cc2Cl)c(C)c1. The predicted molar refractivity (Wildman–Crippen MR) is 81.3 cm³/mol. The summed E-state index contributed by atoms with van der Waals surface area (Å²) in [5.74, 6) is 0. The minimum absolute atomic E-state index is 0.00735. The minimum atomic E-state index is -0.459. The zero-order valence-corrected chi connectivity index (χ0v) is 12.1. The van der Waals surface area contributed by atoms with Crippen LogP contribution in [-0.4, -0.2) is 4.92 Å². The average molecular weight is 291 g/mol. The fourth-order valence-corrected chi connectivity index (χ4v) is 2.24. The molecule has 4 nitrogen and oxygen atoms in total. The number of non-ortho nitro benzene ring substituents is 1. The van der Waals surface area contributed by atoms with Gasteiger partial charge in [0.15, 0.2) is 0 Å². The summed E-state index contributed by atoms with van der Waals surface area (Å²) in [6.07, 6.45) is 0. The molecule has 5 heteroatoms. The third-order valence-corrected chi connectivity index (χ3v) is 3.44. The molecule has 0 bridgehead atoms. The highest BCUT2D eigenvalue weighted by Crippen LogP contribution is 2.27. The first-order valence-electron chi connectivity index (χ1n) is 6.21. The summed E-state index contributed by atoms with van der Waals surface area (Å²) in [7, 11) is 0. The van der Waals surface area contributed by atoms with Crippen LogP contribution in [0.3, 0.4) is 0 Å². The lowest BCUT2D eigenvalue weighted by Crippen LogP contribution is -2.02. The Labute approximate surface area is 122 Å². The molecule has 2 aromatic carbocycles. The first-order valence-corrected chi connectivity index (χ1v) is 6.59. The Bertz CT molecular complexity index is 656. The molecule has 0 atom stereocenters. The number of rotatable bonds is 4. The lowest BCUT2D eigenvalue weighted by Gasteiger charge is -2.11. The maximum absolute atomic E-state index is 10.6. The Morgan fingerprint density at radius 2 is 1.95 bits per heavy atom. The third kappa shape index (κ3) is 3.27. The number of anilines is 1. The van der Waals surface area contributed by atoms with E-state index >= 15 is 0 Å². The van der Waals surface area contributed by atoms with Gasteiger partial charge >= 0.3 is 0 Å². The standard InChI is InChI=1S/C15H15ClN2O2/c1-10-3-4-12(11(2)7-10)9-17-15-6-5-13(18(19)20)8-14(15)16/h3-8,17H,9H2,1-2H3. The van der Waals surface area contributed by atoms with Crippen LogP contribution in [0.5, 0.6) is 0 Å². The van der Waals surface area contributed by atoms with Crippen molar-refractivity contribution in [3.8, 4) is 0 Å². The molecule has 1 N–H and O–H groups in total. The monoisotopic (exact) mass is 290 g/mol. The highest BCUT2D eigenvalue weighted by Gasteiger charge is 2.09. The molecule has 2 aromatic rings. The first-order chi connectivity index (χ1) is 9.47. The van der Waals surface area contributed by atoms with E-state index < -0.39 is 4.92 Å². The van der Waals surface area contributed by atoms with Crippen LogP contribution in [-0.2, 0) is 6.54 Å². The molecule has 0 amide bonds. The number of aryl methyl sites for hydroxylation is 2. The number of nitrogens with one attached hydrogen (secondary N) is 1. The van der Waals surface area contributed by atoms with E-state index in [9.17, 15) is 10.1 Å². The number of hydrogen-bond donors (Lipinski definition) is 1. The van der Waals surface area contributed by atoms with Crippen molar-refractivity contribution in [3.05, 3.63) is 68.2 Å². The summed E-state index contributed by atoms with van der Waals surface area (Å²) < 4.78 is 0. The van der Waals surface area contributed by atoms with Crippen molar-refractivity contribution in [3.63, 3.8) is 0 Å². The number of benzene rings is 2. The van der Waals surface area contributed by atoms with Gasteiger partial charge in [0.2, 0.25) is 0 Å². The number of nitro groups is 1. The van der Waals surface area contributed by atoms with Crippen molar-refractivity contribution < 1.29 is 4.92 Å². The summed E-state index contributed by atoms with van der Waals surface area (Å²) in [6.45, 7) is 4.74. The molecular formula is C15H15ClN2O2. The number of hydrogen-bond acceptors (Lipinski definition) is 3. The molecule has 0 spiro atoms. The van der Waals surface area contributed by atoms with Crippen LogP contribution in [0.1, 0.15) is 16.7 Å². The summed E-state index contributed by atoms with van der Waals surface area (Å²) in [5.41, 5.74) is 4.28. The molecule has 0 aliphatic heterocycles. The normalized spacial score (nSPS) is 10.3. The maximum atomic E-state index is 10.6. The Hall–Kier alpha value is -2.07. The average Bonchev–Trinajstić information content (AvgIpc) is 2.38. The zero-order chi connectivity index (χ0) is 14.7. The summed E-state index contributed by atoms with van der Waals surface area (Å²) in [4.78, 5) is 10.2. The molecular weight excluding hydrogens is 276 g/mol. The first kappa shape index (κ1) is 14.3. The molecule has 0 aliphatic rings. The fraction of sp³-hybridized carbons (Fsp3) is 0.200. The van der Waals surface area contributed by atoms with Crippen LogP contribution >= 0.6 is 11.6 Å². The van der Waals surface area contributed by atoms with Gasteiger partial charge in [-0.15, -0.1) is 0 Å². The van der Waals surface area contributed by atoms with Crippen molar-refractivity contribution in [2.45, 2.75) is 20.4 Å². The topological polar surface area (TPSA) is 55.2 Å². The zero-order valence-electron chi connectivity index (χ0n) is 11.3. The molecule has 20 heavy (non-hydrogen) atoms. The van der Waals surface area contributed by atoms with Crippen molar-refractivity contribution in [2.75, 3.05) is 5.32 Å². The highest BCUT2D eigenvalue weighted by atomic mass is 35.5. The predicted octanol–water partition coefficient (Wildman–Crippen LogP) is 4.48. The van der Waals surface area contributed by atoms with E-state index in [0.29, 0.717) is 17.3 Å². The Morgan fingerprint density at radius 3 is 2.55 bits per heavy atom. The highest BCUT2D eigenvalue weighted by molar-refractivity contribution is 6.33. The van der Waals surface area contributed by atoms with Gasteiger partial charge in [-0.25, -0.2) is 0 Å². The Balaban J connectivity index is 2.13. The molecule has 0 saturated carbocycles. The number of nitro benzene ring substituents is 1. The summed E-state index contributed by atoms with van der Waals surface area (Å²) in [5, 5.41) is 14.2. The van der Waals surface area contributed by atoms with E-state index in [1.165, 1.54) is 28.8 Å². The van der Waals surface area contributed by atoms with E-state index in [4.69, 9.17) is 11.6 Å². The van der Waals surface area contributed by atoms with Gasteiger partial charge < -0.3 is 5.32 Å². The van der Waals surface area contributed by atoms with Crippen LogP contribution in [0.25, 0.3) is 0 Å². The maximum Gasteiger partial charge on any atom is 0.271 e. The van der Waals surface area contributed by atoms with E-state index in [1.807, 2.05) is 0 Å². The molecule has 2 rings (SSSR count). The summed E-state index contributed by atoms with van der Waals surface area (Å²) in [6, 6.07) is 10.7. The van der Waals surface area contributed by atoms with E-state index in [0.717, 1.165) is 0 Å². The summed E-state index contributed by atoms with van der Waals surface area (Å²) >= 11 is 6.04. The third-order valence-electron chi connectivity index (χ3n) is 3.13. The van der Waals surface area contributed by atoms with Gasteiger partial charge in [-0.1, -0.05) is 35.4 Å². The van der Waals surface area contributed by atoms with Gasteiger partial charge in [0.1, 0.15) is 0 Å². The molecule has 0 fully saturated rings.